The van der Waals surface area contributed by atoms with Crippen molar-refractivity contribution in [1.29, 1.82) is 0 Å². The Balaban J connectivity index is 2.15. The molecule has 7 heteroatoms. The lowest BCUT2D eigenvalue weighted by atomic mass is 9.99. The average Bonchev–Trinajstić information content (AvgIpc) is 2.71. The van der Waals surface area contributed by atoms with Gasteiger partial charge in [-0.15, -0.1) is 10.2 Å². The van der Waals surface area contributed by atoms with Crippen molar-refractivity contribution in [2.75, 3.05) is 19.4 Å². The van der Waals surface area contributed by atoms with Gasteiger partial charge in [0, 0.05) is 23.1 Å². The zero-order chi connectivity index (χ0) is 19.4. The van der Waals surface area contributed by atoms with E-state index < -0.39 is 0 Å². The number of amides is 1. The Bertz CT molecular complexity index is 1020. The second-order valence-electron chi connectivity index (χ2n) is 6.03. The van der Waals surface area contributed by atoms with Gasteiger partial charge in [0.25, 0.3) is 5.91 Å². The fourth-order valence-electron chi connectivity index (χ4n) is 2.84. The monoisotopic (exact) mass is 364 g/mol. The molecule has 0 atom stereocenters. The summed E-state index contributed by atoms with van der Waals surface area (Å²) in [6.07, 6.45) is 1.57. The minimum Gasteiger partial charge on any atom is -0.497 e. The molecule has 3 N–H and O–H groups in total. The van der Waals surface area contributed by atoms with Crippen molar-refractivity contribution in [2.45, 2.75) is 13.3 Å². The van der Waals surface area contributed by atoms with Crippen molar-refractivity contribution in [1.82, 2.24) is 15.5 Å². The van der Waals surface area contributed by atoms with Gasteiger partial charge in [-0.1, -0.05) is 25.1 Å². The van der Waals surface area contributed by atoms with Gasteiger partial charge in [-0.05, 0) is 30.2 Å². The van der Waals surface area contributed by atoms with Crippen molar-refractivity contribution in [3.05, 3.63) is 47.7 Å². The van der Waals surface area contributed by atoms with Crippen LogP contribution in [-0.4, -0.2) is 36.0 Å². The molecule has 0 fully saturated rings. The topological polar surface area (TPSA) is 107 Å². The number of carbonyl (C=O) groups excluding carboxylic acids is 2. The fourth-order valence-corrected chi connectivity index (χ4v) is 2.84. The quantitative estimate of drug-likeness (QED) is 0.651. The number of nitrogens with zero attached hydrogens (tertiary/aromatic N) is 2. The van der Waals surface area contributed by atoms with Gasteiger partial charge in [-0.3, -0.25) is 9.59 Å². The molecule has 7 nitrogen and oxygen atoms in total. The van der Waals surface area contributed by atoms with Crippen LogP contribution in [0.25, 0.3) is 22.0 Å². The summed E-state index contributed by atoms with van der Waals surface area (Å²) in [5.74, 6) is 0.210. The second kappa shape index (κ2) is 7.82. The van der Waals surface area contributed by atoms with E-state index in [1.54, 1.807) is 18.2 Å². The number of aromatic nitrogens is 2. The van der Waals surface area contributed by atoms with Gasteiger partial charge in [0.15, 0.2) is 5.69 Å². The summed E-state index contributed by atoms with van der Waals surface area (Å²) < 4.78 is 5.27. The highest BCUT2D eigenvalue weighted by Gasteiger charge is 2.17. The van der Waals surface area contributed by atoms with Crippen molar-refractivity contribution >= 4 is 28.8 Å². The molecule has 0 aliphatic rings. The van der Waals surface area contributed by atoms with Crippen LogP contribution in [0.2, 0.25) is 0 Å². The van der Waals surface area contributed by atoms with E-state index in [0.29, 0.717) is 28.8 Å². The molecule has 3 rings (SSSR count). The third-order valence-electron chi connectivity index (χ3n) is 4.19. The fraction of sp³-hybridized carbons (Fsp3) is 0.200. The van der Waals surface area contributed by atoms with E-state index in [9.17, 15) is 9.59 Å². The van der Waals surface area contributed by atoms with E-state index in [1.165, 1.54) is 7.11 Å². The minimum absolute atomic E-state index is 0.104. The van der Waals surface area contributed by atoms with E-state index in [-0.39, 0.29) is 17.3 Å². The smallest absolute Gasteiger partial charge is 0.273 e. The molecule has 0 spiro atoms. The summed E-state index contributed by atoms with van der Waals surface area (Å²) in [6, 6.07) is 10.7. The first kappa shape index (κ1) is 18.3. The van der Waals surface area contributed by atoms with E-state index in [4.69, 9.17) is 10.5 Å². The molecule has 0 unspecified atom stereocenters. The molecule has 0 radical (unpaired) electrons. The molecule has 138 valence electrons. The van der Waals surface area contributed by atoms with Gasteiger partial charge in [0.2, 0.25) is 0 Å². The van der Waals surface area contributed by atoms with Gasteiger partial charge in [0.1, 0.15) is 17.6 Å². The Kier molecular flexibility index (Phi) is 5.30. The lowest BCUT2D eigenvalue weighted by molar-refractivity contribution is 0.0948. The molecule has 0 aliphatic carbocycles. The largest absolute Gasteiger partial charge is 0.497 e. The second-order valence-corrected chi connectivity index (χ2v) is 6.03. The number of carbonyl (C=O) groups is 2. The number of fused-ring (bicyclic) bond motifs is 1. The third kappa shape index (κ3) is 3.57. The normalized spacial score (nSPS) is 10.6. The molecule has 2 aromatic carbocycles. The highest BCUT2D eigenvalue weighted by atomic mass is 16.5. The molecule has 27 heavy (non-hydrogen) atoms. The molecular formula is C20H20N4O3. The van der Waals surface area contributed by atoms with Crippen LogP contribution < -0.4 is 15.8 Å². The van der Waals surface area contributed by atoms with Gasteiger partial charge in [-0.2, -0.15) is 0 Å². The number of benzene rings is 2. The Morgan fingerprint density at radius 3 is 2.78 bits per heavy atom. The van der Waals surface area contributed by atoms with E-state index in [1.807, 2.05) is 25.1 Å². The number of nitrogen functional groups attached to an aromatic ring is 1. The highest BCUT2D eigenvalue weighted by molar-refractivity contribution is 6.07. The first-order valence-electron chi connectivity index (χ1n) is 8.56. The third-order valence-corrected chi connectivity index (χ3v) is 4.19. The summed E-state index contributed by atoms with van der Waals surface area (Å²) in [5, 5.41) is 11.7. The number of methoxy groups -OCH3 is 1. The summed E-state index contributed by atoms with van der Waals surface area (Å²) in [5.41, 5.74) is 9.11. The standard InChI is InChI=1S/C20H20N4O3/c1-3-7-22-20(26)19-17(21)16-6-4-5-15(18(16)23-24-19)13-8-12(11-25)9-14(10-13)27-2/h4-6,8-11H,3,7H2,1-2H3,(H2,21,23)(H,22,26). The number of hydrogen-bond donors (Lipinski definition) is 2. The van der Waals surface area contributed by atoms with Crippen molar-refractivity contribution in [3.63, 3.8) is 0 Å². The molecule has 1 aromatic heterocycles. The molecule has 3 aromatic rings. The lowest BCUT2D eigenvalue weighted by Crippen LogP contribution is -2.26. The first-order chi connectivity index (χ1) is 13.1. The minimum atomic E-state index is -0.348. The first-order valence-corrected chi connectivity index (χ1v) is 8.56. The maximum absolute atomic E-state index is 12.2. The van der Waals surface area contributed by atoms with Crippen LogP contribution in [0.5, 0.6) is 5.75 Å². The summed E-state index contributed by atoms with van der Waals surface area (Å²) in [4.78, 5) is 23.5. The molecule has 0 aliphatic heterocycles. The maximum Gasteiger partial charge on any atom is 0.273 e. The summed E-state index contributed by atoms with van der Waals surface area (Å²) >= 11 is 0. The number of hydrogen-bond acceptors (Lipinski definition) is 6. The van der Waals surface area contributed by atoms with Gasteiger partial charge < -0.3 is 15.8 Å². The van der Waals surface area contributed by atoms with Gasteiger partial charge in [0.05, 0.1) is 12.8 Å². The number of ether oxygens (including phenoxy) is 1. The molecule has 1 amide bonds. The van der Waals surface area contributed by atoms with Crippen LogP contribution in [0.1, 0.15) is 34.2 Å². The van der Waals surface area contributed by atoms with Crippen molar-refractivity contribution in [3.8, 4) is 16.9 Å². The number of nitrogens with two attached hydrogens (primary N) is 1. The average molecular weight is 364 g/mol. The molecule has 0 saturated heterocycles. The zero-order valence-electron chi connectivity index (χ0n) is 15.2. The van der Waals surface area contributed by atoms with Crippen LogP contribution >= 0.6 is 0 Å². The summed E-state index contributed by atoms with van der Waals surface area (Å²) in [6.45, 7) is 2.50. The summed E-state index contributed by atoms with van der Waals surface area (Å²) in [7, 11) is 1.54. The Labute approximate surface area is 156 Å². The predicted molar refractivity (Wildman–Crippen MR) is 104 cm³/mol. The molecular weight excluding hydrogens is 344 g/mol. The van der Waals surface area contributed by atoms with Crippen LogP contribution in [0.4, 0.5) is 5.69 Å². The maximum atomic E-state index is 12.2. The van der Waals surface area contributed by atoms with E-state index in [2.05, 4.69) is 15.5 Å². The Morgan fingerprint density at radius 1 is 1.26 bits per heavy atom. The van der Waals surface area contributed by atoms with E-state index >= 15 is 0 Å². The van der Waals surface area contributed by atoms with Crippen molar-refractivity contribution < 1.29 is 14.3 Å². The van der Waals surface area contributed by atoms with Gasteiger partial charge in [-0.25, -0.2) is 0 Å². The Morgan fingerprint density at radius 2 is 2.07 bits per heavy atom. The van der Waals surface area contributed by atoms with Crippen LogP contribution in [0.3, 0.4) is 0 Å². The van der Waals surface area contributed by atoms with Crippen molar-refractivity contribution in [2.24, 2.45) is 0 Å². The molecule has 1 heterocycles. The highest BCUT2D eigenvalue weighted by Crippen LogP contribution is 2.33. The van der Waals surface area contributed by atoms with Crippen LogP contribution in [0, 0.1) is 0 Å². The Hall–Kier alpha value is -3.48. The SMILES string of the molecule is CCCNC(=O)c1nnc2c(-c3cc(C=O)cc(OC)c3)cccc2c1N. The van der Waals surface area contributed by atoms with Gasteiger partial charge >= 0.3 is 0 Å². The lowest BCUT2D eigenvalue weighted by Gasteiger charge is -2.11. The number of aldehydes is 1. The number of rotatable bonds is 6. The number of nitrogens with one attached hydrogen (secondary N) is 1. The van der Waals surface area contributed by atoms with E-state index in [0.717, 1.165) is 23.8 Å². The molecule has 0 saturated carbocycles. The van der Waals surface area contributed by atoms with Crippen LogP contribution in [-0.2, 0) is 0 Å². The number of anilines is 1. The zero-order valence-corrected chi connectivity index (χ0v) is 15.2. The predicted octanol–water partition coefficient (Wildman–Crippen LogP) is 2.84. The van der Waals surface area contributed by atoms with Crippen LogP contribution in [0.15, 0.2) is 36.4 Å². The molecule has 0 bridgehead atoms.